The molecule has 1 aliphatic rings. The second-order valence-electron chi connectivity index (χ2n) is 10.1. The summed E-state index contributed by atoms with van der Waals surface area (Å²) in [5.74, 6) is 0. The van der Waals surface area contributed by atoms with Gasteiger partial charge in [0.2, 0.25) is 0 Å². The molecule has 35 heavy (non-hydrogen) atoms. The van der Waals surface area contributed by atoms with Crippen LogP contribution in [0.25, 0.3) is 0 Å². The van der Waals surface area contributed by atoms with Gasteiger partial charge >= 0.3 is 0 Å². The van der Waals surface area contributed by atoms with Crippen molar-refractivity contribution in [3.63, 3.8) is 0 Å². The molecule has 1 aliphatic carbocycles. The summed E-state index contributed by atoms with van der Waals surface area (Å²) in [4.78, 5) is 0. The molecule has 0 unspecified atom stereocenters. The van der Waals surface area contributed by atoms with Crippen LogP contribution in [-0.2, 0) is 6.42 Å². The van der Waals surface area contributed by atoms with E-state index in [2.05, 4.69) is 137 Å². The lowest BCUT2D eigenvalue weighted by atomic mass is 10.1. The summed E-state index contributed by atoms with van der Waals surface area (Å²) in [5.41, 5.74) is 8.23. The summed E-state index contributed by atoms with van der Waals surface area (Å²) in [6.45, 7) is 8.98. The Kier molecular flexibility index (Phi) is 6.45. The molecule has 0 heterocycles. The van der Waals surface area contributed by atoms with Crippen molar-refractivity contribution < 1.29 is 0 Å². The summed E-state index contributed by atoms with van der Waals surface area (Å²) in [5, 5.41) is 6.09. The molecular formula is C34H34Si. The zero-order valence-corrected chi connectivity index (χ0v) is 22.3. The third-order valence-corrected chi connectivity index (χ3v) is 12.2. The van der Waals surface area contributed by atoms with Gasteiger partial charge in [0.25, 0.3) is 0 Å². The zero-order valence-electron chi connectivity index (χ0n) is 21.3. The average molecular weight is 471 g/mol. The Balaban J connectivity index is 1.89. The molecule has 0 nitrogen and oxygen atoms in total. The number of allylic oxidation sites excluding steroid dienone is 4. The van der Waals surface area contributed by atoms with Gasteiger partial charge < -0.3 is 0 Å². The van der Waals surface area contributed by atoms with Gasteiger partial charge in [-0.15, -0.1) is 0 Å². The van der Waals surface area contributed by atoms with Crippen LogP contribution < -0.4 is 15.6 Å². The topological polar surface area (TPSA) is 0 Å². The SMILES string of the molecule is Cc1cc(C)cc([Si](C2=C(Cc3ccccc3)C=CC2)(c2ccccc2)c2cc(C)cc(C)c2)c1. The molecule has 4 aromatic rings. The maximum Gasteiger partial charge on any atom is 0.176 e. The van der Waals surface area contributed by atoms with Crippen LogP contribution in [0.2, 0.25) is 0 Å². The van der Waals surface area contributed by atoms with Crippen molar-refractivity contribution in [2.24, 2.45) is 0 Å². The van der Waals surface area contributed by atoms with Crippen LogP contribution in [-0.4, -0.2) is 8.07 Å². The van der Waals surface area contributed by atoms with E-state index in [1.807, 2.05) is 0 Å². The summed E-state index contributed by atoms with van der Waals surface area (Å²) < 4.78 is 0. The van der Waals surface area contributed by atoms with E-state index in [4.69, 9.17) is 0 Å². The van der Waals surface area contributed by atoms with Gasteiger partial charge in [-0.2, -0.15) is 0 Å². The Bertz CT molecular complexity index is 1320. The molecule has 0 saturated heterocycles. The number of hydrogen-bond donors (Lipinski definition) is 0. The quantitative estimate of drug-likeness (QED) is 0.225. The molecule has 0 aliphatic heterocycles. The van der Waals surface area contributed by atoms with Gasteiger partial charge in [-0.05, 0) is 67.2 Å². The van der Waals surface area contributed by atoms with Gasteiger partial charge in [-0.3, -0.25) is 0 Å². The molecule has 0 aromatic heterocycles. The fraction of sp³-hybridized carbons (Fsp3) is 0.176. The Morgan fingerprint density at radius 2 is 1.06 bits per heavy atom. The smallest absolute Gasteiger partial charge is 0.0805 e. The van der Waals surface area contributed by atoms with E-state index < -0.39 is 8.07 Å². The van der Waals surface area contributed by atoms with Crippen molar-refractivity contribution in [2.75, 3.05) is 0 Å². The first-order valence-corrected chi connectivity index (χ1v) is 14.6. The highest BCUT2D eigenvalue weighted by Gasteiger charge is 2.44. The van der Waals surface area contributed by atoms with Crippen molar-refractivity contribution in [3.05, 3.63) is 148 Å². The summed E-state index contributed by atoms with van der Waals surface area (Å²) >= 11 is 0. The number of hydrogen-bond acceptors (Lipinski definition) is 0. The highest BCUT2D eigenvalue weighted by molar-refractivity contribution is 7.16. The standard InChI is InChI=1S/C34H34Si/c1-25-18-26(2)21-32(20-25)35(31-15-9-6-10-16-31,33-22-27(3)19-28(4)23-33)34-17-11-14-30(34)24-29-12-7-5-8-13-29/h5-16,18-23H,17,24H2,1-4H3. The summed E-state index contributed by atoms with van der Waals surface area (Å²) in [6.07, 6.45) is 6.79. The molecule has 0 fully saturated rings. The fourth-order valence-electron chi connectivity index (χ4n) is 6.02. The molecule has 0 saturated carbocycles. The normalized spacial score (nSPS) is 13.5. The summed E-state index contributed by atoms with van der Waals surface area (Å²) in [6, 6.07) is 36.8. The van der Waals surface area contributed by atoms with E-state index >= 15 is 0 Å². The van der Waals surface area contributed by atoms with E-state index in [0.717, 1.165) is 12.8 Å². The Morgan fingerprint density at radius 3 is 1.57 bits per heavy atom. The van der Waals surface area contributed by atoms with Gasteiger partial charge in [0, 0.05) is 0 Å². The molecule has 0 atom stereocenters. The second-order valence-corrected chi connectivity index (χ2v) is 14.0. The molecular weight excluding hydrogens is 436 g/mol. The first kappa shape index (κ1) is 23.3. The van der Waals surface area contributed by atoms with Crippen LogP contribution in [0.3, 0.4) is 0 Å². The van der Waals surface area contributed by atoms with E-state index in [9.17, 15) is 0 Å². The zero-order chi connectivity index (χ0) is 24.4. The number of aryl methyl sites for hydroxylation is 4. The molecule has 5 rings (SSSR count). The van der Waals surface area contributed by atoms with Gasteiger partial charge in [0.05, 0.1) is 0 Å². The van der Waals surface area contributed by atoms with Crippen LogP contribution in [0.4, 0.5) is 0 Å². The summed E-state index contributed by atoms with van der Waals surface area (Å²) in [7, 11) is -2.52. The fourth-order valence-corrected chi connectivity index (χ4v) is 11.6. The largest absolute Gasteiger partial charge is 0.176 e. The Labute approximate surface area is 211 Å². The van der Waals surface area contributed by atoms with Crippen molar-refractivity contribution in [2.45, 2.75) is 40.5 Å². The molecule has 4 aromatic carbocycles. The molecule has 0 amide bonds. The number of rotatable bonds is 6. The predicted octanol–water partition coefficient (Wildman–Crippen LogP) is 6.43. The van der Waals surface area contributed by atoms with Gasteiger partial charge in [-0.1, -0.05) is 137 Å². The predicted molar refractivity (Wildman–Crippen MR) is 154 cm³/mol. The lowest BCUT2D eigenvalue weighted by Crippen LogP contribution is -2.69. The van der Waals surface area contributed by atoms with E-state index in [0.29, 0.717) is 0 Å². The van der Waals surface area contributed by atoms with Gasteiger partial charge in [0.1, 0.15) is 0 Å². The van der Waals surface area contributed by atoms with Crippen LogP contribution in [0.1, 0.15) is 34.2 Å². The second kappa shape index (κ2) is 9.68. The monoisotopic (exact) mass is 470 g/mol. The van der Waals surface area contributed by atoms with E-state index in [-0.39, 0.29) is 0 Å². The molecule has 174 valence electrons. The molecule has 0 bridgehead atoms. The average Bonchev–Trinajstić information content (AvgIpc) is 3.28. The van der Waals surface area contributed by atoms with Crippen LogP contribution in [0, 0.1) is 27.7 Å². The Morgan fingerprint density at radius 1 is 0.571 bits per heavy atom. The minimum absolute atomic E-state index is 0.976. The molecule has 0 radical (unpaired) electrons. The van der Waals surface area contributed by atoms with Crippen LogP contribution in [0.15, 0.2) is 120 Å². The Hall–Kier alpha value is -3.42. The maximum absolute atomic E-state index is 2.52. The number of benzene rings is 4. The van der Waals surface area contributed by atoms with Crippen molar-refractivity contribution in [1.29, 1.82) is 0 Å². The highest BCUT2D eigenvalue weighted by atomic mass is 28.3. The molecule has 0 spiro atoms. The van der Waals surface area contributed by atoms with E-state index in [1.165, 1.54) is 49.0 Å². The lowest BCUT2D eigenvalue weighted by Gasteiger charge is -2.37. The third-order valence-electron chi connectivity index (χ3n) is 7.23. The first-order chi connectivity index (χ1) is 17.0. The molecule has 0 N–H and O–H groups in total. The first-order valence-electron chi connectivity index (χ1n) is 12.6. The van der Waals surface area contributed by atoms with E-state index in [1.54, 1.807) is 5.20 Å². The minimum atomic E-state index is -2.52. The van der Waals surface area contributed by atoms with Crippen LogP contribution in [0.5, 0.6) is 0 Å². The lowest BCUT2D eigenvalue weighted by molar-refractivity contribution is 1.18. The van der Waals surface area contributed by atoms with Crippen molar-refractivity contribution in [3.8, 4) is 0 Å². The van der Waals surface area contributed by atoms with Crippen molar-refractivity contribution in [1.82, 2.24) is 0 Å². The highest BCUT2D eigenvalue weighted by Crippen LogP contribution is 2.31. The van der Waals surface area contributed by atoms with Gasteiger partial charge in [-0.25, -0.2) is 0 Å². The molecule has 1 heteroatoms. The van der Waals surface area contributed by atoms with Gasteiger partial charge in [0.15, 0.2) is 8.07 Å². The third kappa shape index (κ3) is 4.49. The minimum Gasteiger partial charge on any atom is -0.0805 e. The van der Waals surface area contributed by atoms with Crippen molar-refractivity contribution >= 4 is 23.6 Å². The van der Waals surface area contributed by atoms with Crippen LogP contribution >= 0.6 is 0 Å². The maximum atomic E-state index is 2.47.